The predicted octanol–water partition coefficient (Wildman–Crippen LogP) is 2.58. The summed E-state index contributed by atoms with van der Waals surface area (Å²) < 4.78 is 5.41. The second-order valence-corrected chi connectivity index (χ2v) is 4.00. The van der Waals surface area contributed by atoms with Crippen molar-refractivity contribution >= 4 is 33.5 Å². The molecule has 0 bridgehead atoms. The topological polar surface area (TPSA) is 55.4 Å². The SMILES string of the molecule is CCC(=O)Nc1cc(Br)ccc1C(=O)OC. The molecule has 4 nitrogen and oxygen atoms in total. The molecule has 0 aliphatic carbocycles. The lowest BCUT2D eigenvalue weighted by molar-refractivity contribution is -0.115. The average Bonchev–Trinajstić information content (AvgIpc) is 2.28. The normalized spacial score (nSPS) is 9.69. The van der Waals surface area contributed by atoms with E-state index in [9.17, 15) is 9.59 Å². The molecular weight excluding hydrogens is 274 g/mol. The number of hydrogen-bond donors (Lipinski definition) is 1. The molecule has 16 heavy (non-hydrogen) atoms. The second kappa shape index (κ2) is 5.65. The Labute approximate surface area is 102 Å². The van der Waals surface area contributed by atoms with E-state index in [2.05, 4.69) is 26.0 Å². The number of esters is 1. The first-order valence-electron chi connectivity index (χ1n) is 4.76. The minimum Gasteiger partial charge on any atom is -0.465 e. The van der Waals surface area contributed by atoms with E-state index in [4.69, 9.17) is 0 Å². The smallest absolute Gasteiger partial charge is 0.339 e. The number of nitrogens with one attached hydrogen (secondary N) is 1. The highest BCUT2D eigenvalue weighted by Gasteiger charge is 2.13. The Bertz CT molecular complexity index is 418. The third kappa shape index (κ3) is 3.06. The highest BCUT2D eigenvalue weighted by molar-refractivity contribution is 9.10. The standard InChI is InChI=1S/C11H12BrNO3/c1-3-10(14)13-9-6-7(12)4-5-8(9)11(15)16-2/h4-6H,3H2,1-2H3,(H,13,14). The van der Waals surface area contributed by atoms with Gasteiger partial charge in [-0.05, 0) is 18.2 Å². The van der Waals surface area contributed by atoms with Gasteiger partial charge in [-0.2, -0.15) is 0 Å². The fourth-order valence-corrected chi connectivity index (χ4v) is 1.51. The van der Waals surface area contributed by atoms with Crippen LogP contribution in [-0.4, -0.2) is 19.0 Å². The van der Waals surface area contributed by atoms with Crippen molar-refractivity contribution in [3.63, 3.8) is 0 Å². The summed E-state index contributed by atoms with van der Waals surface area (Å²) >= 11 is 3.28. The van der Waals surface area contributed by atoms with Gasteiger partial charge >= 0.3 is 5.97 Å². The Hall–Kier alpha value is -1.36. The molecule has 0 heterocycles. The summed E-state index contributed by atoms with van der Waals surface area (Å²) in [6.07, 6.45) is 0.354. The predicted molar refractivity (Wildman–Crippen MR) is 64.4 cm³/mol. The van der Waals surface area contributed by atoms with Gasteiger partial charge in [-0.3, -0.25) is 4.79 Å². The van der Waals surface area contributed by atoms with Gasteiger partial charge < -0.3 is 10.1 Å². The van der Waals surface area contributed by atoms with Crippen LogP contribution in [0.2, 0.25) is 0 Å². The third-order valence-electron chi connectivity index (χ3n) is 1.98. The highest BCUT2D eigenvalue weighted by atomic mass is 79.9. The Morgan fingerprint density at radius 1 is 1.44 bits per heavy atom. The van der Waals surface area contributed by atoms with Gasteiger partial charge in [0.25, 0.3) is 0 Å². The summed E-state index contributed by atoms with van der Waals surface area (Å²) in [7, 11) is 1.30. The van der Waals surface area contributed by atoms with Crippen LogP contribution < -0.4 is 5.32 Å². The third-order valence-corrected chi connectivity index (χ3v) is 2.48. The second-order valence-electron chi connectivity index (χ2n) is 3.08. The number of hydrogen-bond acceptors (Lipinski definition) is 3. The van der Waals surface area contributed by atoms with Gasteiger partial charge in [0.2, 0.25) is 5.91 Å². The van der Waals surface area contributed by atoms with Gasteiger partial charge in [-0.15, -0.1) is 0 Å². The van der Waals surface area contributed by atoms with Crippen molar-refractivity contribution in [3.8, 4) is 0 Å². The van der Waals surface area contributed by atoms with Gasteiger partial charge in [0, 0.05) is 10.9 Å². The number of ether oxygens (including phenoxy) is 1. The van der Waals surface area contributed by atoms with Crippen LogP contribution in [0.25, 0.3) is 0 Å². The molecule has 0 unspecified atom stereocenters. The van der Waals surface area contributed by atoms with Crippen molar-refractivity contribution in [1.29, 1.82) is 0 Å². The Kier molecular flexibility index (Phi) is 4.49. The molecule has 1 amide bonds. The molecular formula is C11H12BrNO3. The molecule has 1 rings (SSSR count). The van der Waals surface area contributed by atoms with Crippen LogP contribution in [0.4, 0.5) is 5.69 Å². The van der Waals surface area contributed by atoms with Crippen LogP contribution >= 0.6 is 15.9 Å². The van der Waals surface area contributed by atoms with Crippen LogP contribution in [0, 0.1) is 0 Å². The first kappa shape index (κ1) is 12.7. The van der Waals surface area contributed by atoms with Crippen molar-refractivity contribution in [1.82, 2.24) is 0 Å². The number of benzene rings is 1. The molecule has 0 atom stereocenters. The van der Waals surface area contributed by atoms with Gasteiger partial charge in [0.15, 0.2) is 0 Å². The first-order valence-corrected chi connectivity index (χ1v) is 5.55. The van der Waals surface area contributed by atoms with Crippen molar-refractivity contribution < 1.29 is 14.3 Å². The molecule has 86 valence electrons. The number of rotatable bonds is 3. The summed E-state index contributed by atoms with van der Waals surface area (Å²) in [5.41, 5.74) is 0.792. The number of anilines is 1. The molecule has 1 aromatic rings. The van der Waals surface area contributed by atoms with E-state index >= 15 is 0 Å². The maximum Gasteiger partial charge on any atom is 0.339 e. The highest BCUT2D eigenvalue weighted by Crippen LogP contribution is 2.22. The zero-order valence-corrected chi connectivity index (χ0v) is 10.6. The molecule has 0 aromatic heterocycles. The minimum absolute atomic E-state index is 0.150. The van der Waals surface area contributed by atoms with E-state index in [-0.39, 0.29) is 5.91 Å². The fourth-order valence-electron chi connectivity index (χ4n) is 1.15. The van der Waals surface area contributed by atoms with Crippen molar-refractivity contribution in [3.05, 3.63) is 28.2 Å². The lowest BCUT2D eigenvalue weighted by atomic mass is 10.1. The van der Waals surface area contributed by atoms with Crippen LogP contribution in [0.15, 0.2) is 22.7 Å². The summed E-state index contributed by atoms with van der Waals surface area (Å²) in [4.78, 5) is 22.7. The molecule has 0 radical (unpaired) electrons. The van der Waals surface area contributed by atoms with Gasteiger partial charge in [-0.1, -0.05) is 22.9 Å². The van der Waals surface area contributed by atoms with Crippen LogP contribution in [-0.2, 0) is 9.53 Å². The molecule has 0 saturated heterocycles. The van der Waals surface area contributed by atoms with E-state index < -0.39 is 5.97 Å². The maximum atomic E-state index is 11.4. The molecule has 5 heteroatoms. The Morgan fingerprint density at radius 3 is 2.69 bits per heavy atom. The number of methoxy groups -OCH3 is 1. The largest absolute Gasteiger partial charge is 0.465 e. The molecule has 1 aromatic carbocycles. The average molecular weight is 286 g/mol. The summed E-state index contributed by atoms with van der Waals surface area (Å²) in [5.74, 6) is -0.623. The summed E-state index contributed by atoms with van der Waals surface area (Å²) in [6.45, 7) is 1.74. The molecule has 1 N–H and O–H groups in total. The fraction of sp³-hybridized carbons (Fsp3) is 0.273. The number of carbonyl (C=O) groups excluding carboxylic acids is 2. The Morgan fingerprint density at radius 2 is 2.12 bits per heavy atom. The van der Waals surface area contributed by atoms with E-state index in [1.165, 1.54) is 7.11 Å². The van der Waals surface area contributed by atoms with Crippen molar-refractivity contribution in [2.45, 2.75) is 13.3 Å². The zero-order valence-electron chi connectivity index (χ0n) is 9.04. The number of halogens is 1. The zero-order chi connectivity index (χ0) is 12.1. The molecule has 0 spiro atoms. The monoisotopic (exact) mass is 285 g/mol. The van der Waals surface area contributed by atoms with Gasteiger partial charge in [0.05, 0.1) is 18.4 Å². The minimum atomic E-state index is -0.473. The molecule has 0 aliphatic rings. The quantitative estimate of drug-likeness (QED) is 0.869. The van der Waals surface area contributed by atoms with Gasteiger partial charge in [0.1, 0.15) is 0 Å². The Balaban J connectivity index is 3.08. The maximum absolute atomic E-state index is 11.4. The lowest BCUT2D eigenvalue weighted by Gasteiger charge is -2.09. The molecule has 0 saturated carbocycles. The van der Waals surface area contributed by atoms with E-state index in [0.717, 1.165) is 4.47 Å². The molecule has 0 aliphatic heterocycles. The summed E-state index contributed by atoms with van der Waals surface area (Å²) in [5, 5.41) is 2.65. The lowest BCUT2D eigenvalue weighted by Crippen LogP contribution is -2.14. The van der Waals surface area contributed by atoms with Crippen LogP contribution in [0.3, 0.4) is 0 Å². The van der Waals surface area contributed by atoms with Crippen molar-refractivity contribution in [2.75, 3.05) is 12.4 Å². The van der Waals surface area contributed by atoms with Gasteiger partial charge in [-0.25, -0.2) is 4.79 Å². The first-order chi connectivity index (χ1) is 7.58. The van der Waals surface area contributed by atoms with Crippen LogP contribution in [0.1, 0.15) is 23.7 Å². The van der Waals surface area contributed by atoms with E-state index in [1.54, 1.807) is 25.1 Å². The number of amides is 1. The van der Waals surface area contributed by atoms with Crippen molar-refractivity contribution in [2.24, 2.45) is 0 Å². The molecule has 0 fully saturated rings. The van der Waals surface area contributed by atoms with E-state index in [1.807, 2.05) is 0 Å². The number of carbonyl (C=O) groups is 2. The van der Waals surface area contributed by atoms with E-state index in [0.29, 0.717) is 17.7 Å². The summed E-state index contributed by atoms with van der Waals surface area (Å²) in [6, 6.07) is 4.98. The van der Waals surface area contributed by atoms with Crippen LogP contribution in [0.5, 0.6) is 0 Å².